The van der Waals surface area contributed by atoms with E-state index in [2.05, 4.69) is 20.9 Å². The second kappa shape index (κ2) is 9.41. The van der Waals surface area contributed by atoms with Gasteiger partial charge < -0.3 is 0 Å². The van der Waals surface area contributed by atoms with Gasteiger partial charge in [-0.25, -0.2) is 0 Å². The third-order valence-corrected chi connectivity index (χ3v) is 6.71. The van der Waals surface area contributed by atoms with E-state index >= 15 is 0 Å². The van der Waals surface area contributed by atoms with Crippen LogP contribution in [0.4, 0.5) is 5.69 Å². The monoisotopic (exact) mass is 492 g/mol. The first-order valence-corrected chi connectivity index (χ1v) is 11.2. The summed E-state index contributed by atoms with van der Waals surface area (Å²) >= 11 is 4.94. The first kappa shape index (κ1) is 21.2. The molecule has 4 rings (SSSR count). The summed E-state index contributed by atoms with van der Waals surface area (Å²) in [7, 11) is 0. The molecule has 7 heteroatoms. The average molecular weight is 493 g/mol. The number of Topliss-reactive ketones (excluding diaryl/α,β-unsaturated/α-hetero) is 1. The van der Waals surface area contributed by atoms with Crippen molar-refractivity contribution in [3.8, 4) is 0 Å². The topological polar surface area (TPSA) is 73.1 Å². The lowest BCUT2D eigenvalue weighted by Gasteiger charge is -2.17. The lowest BCUT2D eigenvalue weighted by Crippen LogP contribution is -2.06. The fourth-order valence-electron chi connectivity index (χ4n) is 3.28. The van der Waals surface area contributed by atoms with E-state index in [1.165, 1.54) is 12.1 Å². The van der Waals surface area contributed by atoms with Crippen LogP contribution in [0.3, 0.4) is 0 Å². The molecule has 0 amide bonds. The second-order valence-electron chi connectivity index (χ2n) is 6.92. The Hall–Kier alpha value is -3.03. The van der Waals surface area contributed by atoms with Crippen molar-refractivity contribution in [2.24, 2.45) is 0 Å². The van der Waals surface area contributed by atoms with Crippen LogP contribution in [0.5, 0.6) is 0 Å². The summed E-state index contributed by atoms with van der Waals surface area (Å²) in [6.45, 7) is 0. The quantitative estimate of drug-likeness (QED) is 0.120. The number of fused-ring (bicyclic) bond motifs is 1. The van der Waals surface area contributed by atoms with Crippen LogP contribution in [0.15, 0.2) is 94.4 Å². The highest BCUT2D eigenvalue weighted by atomic mass is 79.9. The molecule has 0 fully saturated rings. The number of aromatic nitrogens is 1. The van der Waals surface area contributed by atoms with Crippen molar-refractivity contribution in [2.75, 3.05) is 0 Å². The van der Waals surface area contributed by atoms with E-state index in [0.717, 1.165) is 25.8 Å². The van der Waals surface area contributed by atoms with Gasteiger partial charge in [-0.3, -0.25) is 19.9 Å². The molecule has 5 nitrogen and oxygen atoms in total. The summed E-state index contributed by atoms with van der Waals surface area (Å²) in [6, 6.07) is 23.5. The predicted octanol–water partition coefficient (Wildman–Crippen LogP) is 7.01. The number of rotatable bonds is 7. The molecule has 0 aliphatic heterocycles. The number of benzene rings is 3. The zero-order valence-corrected chi connectivity index (χ0v) is 18.7. The molecule has 4 aromatic rings. The van der Waals surface area contributed by atoms with Crippen LogP contribution in [0.25, 0.3) is 10.9 Å². The van der Waals surface area contributed by atoms with Crippen molar-refractivity contribution < 1.29 is 9.72 Å². The third kappa shape index (κ3) is 5.00. The summed E-state index contributed by atoms with van der Waals surface area (Å²) in [4.78, 5) is 29.1. The van der Waals surface area contributed by atoms with E-state index in [1.807, 2.05) is 42.5 Å². The maximum absolute atomic E-state index is 13.0. The molecule has 0 aliphatic carbocycles. The fourth-order valence-corrected chi connectivity index (χ4v) is 4.82. The Morgan fingerprint density at radius 3 is 2.42 bits per heavy atom. The largest absolute Gasteiger partial charge is 0.294 e. The summed E-state index contributed by atoms with van der Waals surface area (Å²) in [5.74, 6) is 0.0107. The van der Waals surface area contributed by atoms with E-state index in [9.17, 15) is 14.9 Å². The molecule has 0 saturated heterocycles. The summed E-state index contributed by atoms with van der Waals surface area (Å²) < 4.78 is 0.909. The van der Waals surface area contributed by atoms with Crippen LogP contribution < -0.4 is 0 Å². The van der Waals surface area contributed by atoms with Crippen molar-refractivity contribution in [1.29, 1.82) is 0 Å². The number of nitro benzene ring substituents is 1. The number of nitrogens with zero attached hydrogens (tertiary/aromatic N) is 2. The summed E-state index contributed by atoms with van der Waals surface area (Å²) in [5.41, 5.74) is 2.39. The highest BCUT2D eigenvalue weighted by Crippen LogP contribution is 2.41. The number of carbonyl (C=O) groups is 1. The minimum atomic E-state index is -0.423. The maximum atomic E-state index is 13.0. The van der Waals surface area contributed by atoms with Gasteiger partial charge in [0, 0.05) is 50.3 Å². The Morgan fingerprint density at radius 2 is 1.71 bits per heavy atom. The van der Waals surface area contributed by atoms with Gasteiger partial charge in [0.25, 0.3) is 5.69 Å². The molecule has 0 N–H and O–H groups in total. The molecule has 0 spiro atoms. The van der Waals surface area contributed by atoms with Gasteiger partial charge in [0.05, 0.1) is 10.4 Å². The molecule has 31 heavy (non-hydrogen) atoms. The normalized spacial score (nSPS) is 11.9. The maximum Gasteiger partial charge on any atom is 0.269 e. The first-order chi connectivity index (χ1) is 15.0. The van der Waals surface area contributed by atoms with E-state index in [-0.39, 0.29) is 23.1 Å². The number of nitro groups is 1. The molecular formula is C24H17BrN2O3S. The predicted molar refractivity (Wildman–Crippen MR) is 127 cm³/mol. The zero-order chi connectivity index (χ0) is 21.8. The van der Waals surface area contributed by atoms with Crippen LogP contribution in [0.1, 0.15) is 27.6 Å². The lowest BCUT2D eigenvalue weighted by atomic mass is 10.0. The van der Waals surface area contributed by atoms with Crippen molar-refractivity contribution in [2.45, 2.75) is 16.6 Å². The van der Waals surface area contributed by atoms with Gasteiger partial charge in [-0.2, -0.15) is 0 Å². The Bertz CT molecular complexity index is 1240. The molecule has 0 saturated carbocycles. The smallest absolute Gasteiger partial charge is 0.269 e. The average Bonchev–Trinajstić information content (AvgIpc) is 2.79. The molecule has 3 aromatic carbocycles. The Balaban J connectivity index is 1.68. The SMILES string of the molecule is O=C(CC(Sc1cccc2cccnc12)c1ccc([N+](=O)[O-])cc1)c1ccc(Br)cc1. The van der Waals surface area contributed by atoms with E-state index < -0.39 is 4.92 Å². The van der Waals surface area contributed by atoms with Gasteiger partial charge in [-0.1, -0.05) is 58.4 Å². The van der Waals surface area contributed by atoms with Gasteiger partial charge in [-0.05, 0) is 29.8 Å². The summed E-state index contributed by atoms with van der Waals surface area (Å²) in [5, 5.41) is 11.8. The van der Waals surface area contributed by atoms with Crippen LogP contribution in [0.2, 0.25) is 0 Å². The van der Waals surface area contributed by atoms with Crippen LogP contribution in [-0.2, 0) is 0 Å². The number of carbonyl (C=O) groups excluding carboxylic acids is 1. The highest BCUT2D eigenvalue weighted by molar-refractivity contribution is 9.10. The number of hydrogen-bond donors (Lipinski definition) is 0. The molecule has 1 unspecified atom stereocenters. The van der Waals surface area contributed by atoms with E-state index in [4.69, 9.17) is 0 Å². The number of non-ortho nitro benzene ring substituents is 1. The number of ketones is 1. The number of para-hydroxylation sites is 1. The minimum absolute atomic E-state index is 0.0107. The second-order valence-corrected chi connectivity index (χ2v) is 9.08. The number of hydrogen-bond acceptors (Lipinski definition) is 5. The van der Waals surface area contributed by atoms with Crippen molar-refractivity contribution in [3.63, 3.8) is 0 Å². The van der Waals surface area contributed by atoms with Crippen molar-refractivity contribution >= 4 is 50.1 Å². The Morgan fingerprint density at radius 1 is 1.00 bits per heavy atom. The lowest BCUT2D eigenvalue weighted by molar-refractivity contribution is -0.384. The van der Waals surface area contributed by atoms with Gasteiger partial charge in [-0.15, -0.1) is 11.8 Å². The molecule has 1 heterocycles. The van der Waals surface area contributed by atoms with Crippen molar-refractivity contribution in [3.05, 3.63) is 111 Å². The van der Waals surface area contributed by atoms with Crippen molar-refractivity contribution in [1.82, 2.24) is 4.98 Å². The van der Waals surface area contributed by atoms with Crippen LogP contribution in [0, 0.1) is 10.1 Å². The van der Waals surface area contributed by atoms with Gasteiger partial charge >= 0.3 is 0 Å². The first-order valence-electron chi connectivity index (χ1n) is 9.55. The minimum Gasteiger partial charge on any atom is -0.294 e. The molecule has 1 aromatic heterocycles. The number of thioether (sulfide) groups is 1. The van der Waals surface area contributed by atoms with E-state index in [0.29, 0.717) is 5.56 Å². The molecule has 1 atom stereocenters. The van der Waals surface area contributed by atoms with Gasteiger partial charge in [0.2, 0.25) is 0 Å². The zero-order valence-electron chi connectivity index (χ0n) is 16.3. The molecule has 0 radical (unpaired) electrons. The Kier molecular flexibility index (Phi) is 6.44. The molecule has 0 aliphatic rings. The van der Waals surface area contributed by atoms with Gasteiger partial charge in [0.15, 0.2) is 5.78 Å². The standard InChI is InChI=1S/C24H17BrN2O3S/c25-19-10-6-16(7-11-19)21(28)15-23(17-8-12-20(13-9-17)27(29)30)31-22-5-1-3-18-4-2-14-26-24(18)22/h1-14,23H,15H2. The Labute approximate surface area is 191 Å². The van der Waals surface area contributed by atoms with Crippen LogP contribution >= 0.6 is 27.7 Å². The van der Waals surface area contributed by atoms with Gasteiger partial charge in [0.1, 0.15) is 0 Å². The molecular weight excluding hydrogens is 476 g/mol. The van der Waals surface area contributed by atoms with E-state index in [1.54, 1.807) is 42.2 Å². The number of pyridine rings is 1. The fraction of sp³-hybridized carbons (Fsp3) is 0.0833. The molecule has 154 valence electrons. The third-order valence-electron chi connectivity index (χ3n) is 4.88. The van der Waals surface area contributed by atoms with Crippen LogP contribution in [-0.4, -0.2) is 15.7 Å². The molecule has 0 bridgehead atoms. The summed E-state index contributed by atoms with van der Waals surface area (Å²) in [6.07, 6.45) is 2.01. The highest BCUT2D eigenvalue weighted by Gasteiger charge is 2.21. The number of halogens is 1.